The Morgan fingerprint density at radius 2 is 2.19 bits per heavy atom. The Kier molecular flexibility index (Phi) is 8.27. The Morgan fingerprint density at radius 3 is 2.81 bits per heavy atom. The molecule has 9 nitrogen and oxygen atoms in total. The summed E-state index contributed by atoms with van der Waals surface area (Å²) in [5.74, 6) is -1.23. The topological polar surface area (TPSA) is 122 Å². The Morgan fingerprint density at radius 1 is 1.46 bits per heavy atom. The van der Waals surface area contributed by atoms with E-state index in [2.05, 4.69) is 5.32 Å². The molecule has 1 aliphatic rings. The lowest BCUT2D eigenvalue weighted by atomic mass is 9.98. The number of amides is 1. The number of hydrogen-bond donors (Lipinski definition) is 2. The molecule has 1 fully saturated rings. The molecule has 1 aliphatic heterocycles. The first kappa shape index (κ1) is 21.7. The van der Waals surface area contributed by atoms with Crippen LogP contribution in [0.3, 0.4) is 0 Å². The summed E-state index contributed by atoms with van der Waals surface area (Å²) >= 11 is 0. The highest BCUT2D eigenvalue weighted by Crippen LogP contribution is 2.29. The summed E-state index contributed by atoms with van der Waals surface area (Å²) in [4.78, 5) is 35.4. The van der Waals surface area contributed by atoms with E-state index in [0.717, 1.165) is 13.0 Å². The molecule has 26 heavy (non-hydrogen) atoms. The Labute approximate surface area is 156 Å². The highest BCUT2D eigenvalue weighted by molar-refractivity contribution is 5.92. The van der Waals surface area contributed by atoms with Crippen molar-refractivity contribution < 1.29 is 24.4 Å². The monoisotopic (exact) mass is 387 g/mol. The number of methoxy groups -OCH3 is 1. The van der Waals surface area contributed by atoms with Crippen LogP contribution >= 0.6 is 12.4 Å². The molecule has 0 bridgehead atoms. The molecule has 0 spiro atoms. The Balaban J connectivity index is 0.00000338. The molecule has 2 rings (SSSR count). The van der Waals surface area contributed by atoms with Gasteiger partial charge in [0.25, 0.3) is 5.69 Å². The summed E-state index contributed by atoms with van der Waals surface area (Å²) in [7, 11) is 1.37. The van der Waals surface area contributed by atoms with Crippen LogP contribution in [-0.4, -0.2) is 53.6 Å². The van der Waals surface area contributed by atoms with Crippen molar-refractivity contribution in [1.82, 2.24) is 4.90 Å². The van der Waals surface area contributed by atoms with E-state index < -0.39 is 10.9 Å². The van der Waals surface area contributed by atoms with Gasteiger partial charge in [-0.25, -0.2) is 0 Å². The number of nitrogens with one attached hydrogen (secondary N) is 1. The van der Waals surface area contributed by atoms with Crippen LogP contribution in [0.4, 0.5) is 11.4 Å². The molecule has 1 heterocycles. The number of rotatable bonds is 7. The molecule has 1 atom stereocenters. The van der Waals surface area contributed by atoms with Crippen LogP contribution in [0.15, 0.2) is 18.2 Å². The van der Waals surface area contributed by atoms with Crippen LogP contribution in [-0.2, 0) is 9.59 Å². The first-order valence-corrected chi connectivity index (χ1v) is 7.98. The molecule has 0 aromatic heterocycles. The van der Waals surface area contributed by atoms with Crippen molar-refractivity contribution in [3.8, 4) is 5.75 Å². The van der Waals surface area contributed by atoms with E-state index in [1.54, 1.807) is 0 Å². The number of piperidine rings is 1. The van der Waals surface area contributed by atoms with E-state index in [9.17, 15) is 19.7 Å². The lowest BCUT2D eigenvalue weighted by Gasteiger charge is -2.30. The third-order valence-corrected chi connectivity index (χ3v) is 4.18. The molecule has 0 aliphatic carbocycles. The lowest BCUT2D eigenvalue weighted by molar-refractivity contribution is -0.384. The van der Waals surface area contributed by atoms with Gasteiger partial charge in [-0.05, 0) is 25.5 Å². The van der Waals surface area contributed by atoms with Crippen molar-refractivity contribution in [1.29, 1.82) is 0 Å². The molecular formula is C16H22ClN3O6. The minimum atomic E-state index is -0.801. The number of hydrogen-bond acceptors (Lipinski definition) is 6. The zero-order valence-corrected chi connectivity index (χ0v) is 15.2. The number of nitrogens with zero attached hydrogens (tertiary/aromatic N) is 2. The second-order valence-corrected chi connectivity index (χ2v) is 5.92. The van der Waals surface area contributed by atoms with Gasteiger partial charge < -0.3 is 20.1 Å². The predicted octanol–water partition coefficient (Wildman–Crippen LogP) is 2.15. The number of benzene rings is 1. The number of carboxylic acid groups (broad SMARTS) is 1. The maximum absolute atomic E-state index is 12.1. The molecular weight excluding hydrogens is 366 g/mol. The number of aliphatic carboxylic acids is 1. The third-order valence-electron chi connectivity index (χ3n) is 4.18. The van der Waals surface area contributed by atoms with E-state index >= 15 is 0 Å². The van der Waals surface area contributed by atoms with Crippen molar-refractivity contribution in [2.75, 3.05) is 32.1 Å². The molecule has 1 aromatic carbocycles. The zero-order chi connectivity index (χ0) is 18.4. The molecule has 1 amide bonds. The van der Waals surface area contributed by atoms with Crippen LogP contribution < -0.4 is 10.1 Å². The molecule has 10 heteroatoms. The lowest BCUT2D eigenvalue weighted by Crippen LogP contribution is -2.40. The summed E-state index contributed by atoms with van der Waals surface area (Å²) in [6, 6.07) is 3.97. The number of carboxylic acids is 1. The van der Waals surface area contributed by atoms with Gasteiger partial charge in [0.1, 0.15) is 5.75 Å². The number of carbonyl (C=O) groups excluding carboxylic acids is 1. The van der Waals surface area contributed by atoms with Crippen LogP contribution in [0.1, 0.15) is 19.3 Å². The molecule has 0 radical (unpaired) electrons. The second-order valence-electron chi connectivity index (χ2n) is 5.92. The summed E-state index contributed by atoms with van der Waals surface area (Å²) in [5, 5.41) is 22.5. The zero-order valence-electron chi connectivity index (χ0n) is 14.3. The summed E-state index contributed by atoms with van der Waals surface area (Å²) in [6.45, 7) is 1.69. The number of halogens is 1. The Hall–Kier alpha value is -2.39. The number of anilines is 1. The summed E-state index contributed by atoms with van der Waals surface area (Å²) < 4.78 is 5.08. The van der Waals surface area contributed by atoms with Crippen molar-refractivity contribution in [2.45, 2.75) is 19.3 Å². The third kappa shape index (κ3) is 5.85. The van der Waals surface area contributed by atoms with E-state index in [1.165, 1.54) is 25.3 Å². The van der Waals surface area contributed by atoms with E-state index in [0.29, 0.717) is 25.2 Å². The highest BCUT2D eigenvalue weighted by atomic mass is 35.5. The average Bonchev–Trinajstić information content (AvgIpc) is 2.60. The van der Waals surface area contributed by atoms with Gasteiger partial charge in [0.15, 0.2) is 0 Å². The van der Waals surface area contributed by atoms with Gasteiger partial charge in [0, 0.05) is 25.6 Å². The van der Waals surface area contributed by atoms with Crippen LogP contribution in [0.2, 0.25) is 0 Å². The fourth-order valence-electron chi connectivity index (χ4n) is 2.83. The summed E-state index contributed by atoms with van der Waals surface area (Å²) in [5.41, 5.74) is 0.239. The van der Waals surface area contributed by atoms with E-state index in [1.807, 2.05) is 4.90 Å². The van der Waals surface area contributed by atoms with Crippen LogP contribution in [0.25, 0.3) is 0 Å². The minimum absolute atomic E-state index is 0. The van der Waals surface area contributed by atoms with Gasteiger partial charge in [-0.15, -0.1) is 12.4 Å². The number of nitro groups is 1. The van der Waals surface area contributed by atoms with E-state index in [4.69, 9.17) is 9.84 Å². The maximum atomic E-state index is 12.1. The molecule has 0 saturated carbocycles. The number of carbonyl (C=O) groups is 2. The number of likely N-dealkylation sites (tertiary alicyclic amines) is 1. The van der Waals surface area contributed by atoms with Gasteiger partial charge in [0.2, 0.25) is 5.91 Å². The molecule has 1 unspecified atom stereocenters. The Bertz CT molecular complexity index is 669. The van der Waals surface area contributed by atoms with Crippen molar-refractivity contribution in [3.05, 3.63) is 28.3 Å². The van der Waals surface area contributed by atoms with Gasteiger partial charge >= 0.3 is 5.97 Å². The summed E-state index contributed by atoms with van der Waals surface area (Å²) in [6.07, 6.45) is 1.67. The number of nitro benzene ring substituents is 1. The normalized spacial score (nSPS) is 17.0. The van der Waals surface area contributed by atoms with Crippen molar-refractivity contribution >= 4 is 35.7 Å². The molecule has 1 saturated heterocycles. The van der Waals surface area contributed by atoms with Gasteiger partial charge in [-0.2, -0.15) is 0 Å². The molecule has 144 valence electrons. The van der Waals surface area contributed by atoms with E-state index in [-0.39, 0.29) is 42.1 Å². The minimum Gasteiger partial charge on any atom is -0.494 e. The van der Waals surface area contributed by atoms with Crippen LogP contribution in [0.5, 0.6) is 5.75 Å². The largest absolute Gasteiger partial charge is 0.494 e. The van der Waals surface area contributed by atoms with Gasteiger partial charge in [-0.3, -0.25) is 19.7 Å². The van der Waals surface area contributed by atoms with Crippen molar-refractivity contribution in [3.63, 3.8) is 0 Å². The first-order chi connectivity index (χ1) is 11.9. The maximum Gasteiger partial charge on any atom is 0.307 e. The predicted molar refractivity (Wildman–Crippen MR) is 96.9 cm³/mol. The fraction of sp³-hybridized carbons (Fsp3) is 0.500. The van der Waals surface area contributed by atoms with Crippen LogP contribution in [0, 0.1) is 16.0 Å². The smallest absolute Gasteiger partial charge is 0.307 e. The fourth-order valence-corrected chi connectivity index (χ4v) is 2.83. The SMILES string of the molecule is COc1cc([N+](=O)[O-])ccc1NC(=O)CCN1CCCC(C(=O)O)C1.Cl. The second kappa shape index (κ2) is 9.93. The standard InChI is InChI=1S/C16H21N3O6.ClH/c1-25-14-9-12(19(23)24)4-5-13(14)17-15(20)6-8-18-7-2-3-11(10-18)16(21)22;/h4-5,9,11H,2-3,6-8,10H2,1H3,(H,17,20)(H,21,22);1H. The first-order valence-electron chi connectivity index (χ1n) is 7.98. The van der Waals surface area contributed by atoms with Gasteiger partial charge in [-0.1, -0.05) is 0 Å². The quantitative estimate of drug-likeness (QED) is 0.542. The van der Waals surface area contributed by atoms with Gasteiger partial charge in [0.05, 0.1) is 29.7 Å². The number of non-ortho nitro benzene ring substituents is 1. The molecule has 1 aromatic rings. The molecule has 2 N–H and O–H groups in total. The van der Waals surface area contributed by atoms with Crippen molar-refractivity contribution in [2.24, 2.45) is 5.92 Å². The highest BCUT2D eigenvalue weighted by Gasteiger charge is 2.25. The number of ether oxygens (including phenoxy) is 1. The average molecular weight is 388 g/mol.